The van der Waals surface area contributed by atoms with Gasteiger partial charge in [-0.05, 0) is 54.0 Å². The van der Waals surface area contributed by atoms with E-state index in [-0.39, 0.29) is 5.78 Å². The molecule has 3 nitrogen and oxygen atoms in total. The second-order valence-corrected chi connectivity index (χ2v) is 7.64. The van der Waals surface area contributed by atoms with E-state index in [1.807, 2.05) is 79.7 Å². The molecule has 0 radical (unpaired) electrons. The van der Waals surface area contributed by atoms with Crippen LogP contribution in [-0.4, -0.2) is 12.4 Å². The van der Waals surface area contributed by atoms with Crippen molar-refractivity contribution in [2.75, 3.05) is 6.61 Å². The standard InChI is InChI=1S/C25H19BrO3/c1-17-14-21(28-13-5-8-18-6-3-2-4-7-18)16-22-24(17)25(27)23(29-22)15-19-9-11-20(26)12-10-19/h2-12,14-16H,13H2,1H3/b8-5+,23-15-. The van der Waals surface area contributed by atoms with Gasteiger partial charge in [0, 0.05) is 10.5 Å². The molecule has 0 aliphatic carbocycles. The van der Waals surface area contributed by atoms with Crippen molar-refractivity contribution in [3.63, 3.8) is 0 Å². The molecule has 0 unspecified atom stereocenters. The lowest BCUT2D eigenvalue weighted by atomic mass is 10.0. The number of hydrogen-bond acceptors (Lipinski definition) is 3. The van der Waals surface area contributed by atoms with Crippen molar-refractivity contribution in [1.82, 2.24) is 0 Å². The molecule has 144 valence electrons. The summed E-state index contributed by atoms with van der Waals surface area (Å²) in [6.07, 6.45) is 5.74. The van der Waals surface area contributed by atoms with Crippen LogP contribution in [0.3, 0.4) is 0 Å². The monoisotopic (exact) mass is 446 g/mol. The Morgan fingerprint density at radius 2 is 1.76 bits per heavy atom. The van der Waals surface area contributed by atoms with Crippen molar-refractivity contribution in [2.24, 2.45) is 0 Å². The topological polar surface area (TPSA) is 35.5 Å². The number of fused-ring (bicyclic) bond motifs is 1. The molecule has 1 aliphatic heterocycles. The largest absolute Gasteiger partial charge is 0.489 e. The lowest BCUT2D eigenvalue weighted by Crippen LogP contribution is -2.00. The molecule has 0 aromatic heterocycles. The highest BCUT2D eigenvalue weighted by molar-refractivity contribution is 9.10. The Kier molecular flexibility index (Phi) is 5.63. The predicted molar refractivity (Wildman–Crippen MR) is 119 cm³/mol. The van der Waals surface area contributed by atoms with E-state index in [0.717, 1.165) is 21.2 Å². The van der Waals surface area contributed by atoms with Crippen LogP contribution in [0, 0.1) is 6.92 Å². The summed E-state index contributed by atoms with van der Waals surface area (Å²) < 4.78 is 12.7. The molecular formula is C25H19BrO3. The van der Waals surface area contributed by atoms with Crippen molar-refractivity contribution in [1.29, 1.82) is 0 Å². The Bertz CT molecular complexity index is 1100. The Balaban J connectivity index is 1.48. The van der Waals surface area contributed by atoms with Gasteiger partial charge >= 0.3 is 0 Å². The van der Waals surface area contributed by atoms with Crippen LogP contribution in [0.2, 0.25) is 0 Å². The number of rotatable bonds is 5. The number of carbonyl (C=O) groups excluding carboxylic acids is 1. The van der Waals surface area contributed by atoms with E-state index in [0.29, 0.717) is 29.4 Å². The number of aryl methyl sites for hydroxylation is 1. The Morgan fingerprint density at radius 1 is 1.00 bits per heavy atom. The third-order valence-corrected chi connectivity index (χ3v) is 5.10. The molecule has 0 fully saturated rings. The fourth-order valence-corrected chi connectivity index (χ4v) is 3.43. The number of carbonyl (C=O) groups is 1. The summed E-state index contributed by atoms with van der Waals surface area (Å²) >= 11 is 3.41. The summed E-state index contributed by atoms with van der Waals surface area (Å²) in [5.74, 6) is 1.44. The van der Waals surface area contributed by atoms with Gasteiger partial charge in [0.2, 0.25) is 5.78 Å². The molecule has 1 aliphatic rings. The second kappa shape index (κ2) is 8.50. The second-order valence-electron chi connectivity index (χ2n) is 6.73. The van der Waals surface area contributed by atoms with Gasteiger partial charge in [-0.25, -0.2) is 0 Å². The lowest BCUT2D eigenvalue weighted by molar-refractivity contribution is 0.101. The van der Waals surface area contributed by atoms with Gasteiger partial charge in [0.25, 0.3) is 0 Å². The maximum Gasteiger partial charge on any atom is 0.232 e. The molecule has 3 aromatic rings. The van der Waals surface area contributed by atoms with Crippen LogP contribution < -0.4 is 9.47 Å². The zero-order valence-electron chi connectivity index (χ0n) is 15.9. The summed E-state index contributed by atoms with van der Waals surface area (Å²) in [7, 11) is 0. The quantitative estimate of drug-likeness (QED) is 0.421. The van der Waals surface area contributed by atoms with Gasteiger partial charge in [-0.15, -0.1) is 0 Å². The van der Waals surface area contributed by atoms with Crippen LogP contribution in [0.15, 0.2) is 83.0 Å². The van der Waals surface area contributed by atoms with Crippen LogP contribution in [-0.2, 0) is 0 Å². The molecule has 0 spiro atoms. The number of Topliss-reactive ketones (excluding diaryl/α,β-unsaturated/α-hetero) is 1. The third-order valence-electron chi connectivity index (χ3n) is 4.57. The highest BCUT2D eigenvalue weighted by Crippen LogP contribution is 2.37. The third kappa shape index (κ3) is 4.49. The van der Waals surface area contributed by atoms with Crippen molar-refractivity contribution in [2.45, 2.75) is 6.92 Å². The molecule has 29 heavy (non-hydrogen) atoms. The first-order valence-corrected chi connectivity index (χ1v) is 10.1. The van der Waals surface area contributed by atoms with E-state index in [1.165, 1.54) is 0 Å². The summed E-state index contributed by atoms with van der Waals surface area (Å²) in [5.41, 5.74) is 3.47. The highest BCUT2D eigenvalue weighted by atomic mass is 79.9. The van der Waals surface area contributed by atoms with E-state index in [4.69, 9.17) is 9.47 Å². The first-order valence-electron chi connectivity index (χ1n) is 9.29. The van der Waals surface area contributed by atoms with Gasteiger partial charge in [0.05, 0.1) is 5.56 Å². The molecule has 0 saturated carbocycles. The van der Waals surface area contributed by atoms with E-state index in [2.05, 4.69) is 15.9 Å². The average Bonchev–Trinajstić information content (AvgIpc) is 3.03. The minimum atomic E-state index is -0.101. The molecule has 4 heteroatoms. The van der Waals surface area contributed by atoms with Crippen molar-refractivity contribution >= 4 is 33.9 Å². The number of hydrogen-bond donors (Lipinski definition) is 0. The normalized spacial score (nSPS) is 14.3. The maximum atomic E-state index is 12.8. The zero-order valence-corrected chi connectivity index (χ0v) is 17.5. The van der Waals surface area contributed by atoms with Gasteiger partial charge in [-0.3, -0.25) is 4.79 Å². The first kappa shape index (κ1) is 19.2. The average molecular weight is 447 g/mol. The van der Waals surface area contributed by atoms with Gasteiger partial charge in [0.1, 0.15) is 18.1 Å². The first-order chi connectivity index (χ1) is 14.1. The smallest absolute Gasteiger partial charge is 0.232 e. The molecule has 0 saturated heterocycles. The molecule has 4 rings (SSSR count). The van der Waals surface area contributed by atoms with Crippen LogP contribution in [0.1, 0.15) is 27.0 Å². The summed E-state index contributed by atoms with van der Waals surface area (Å²) in [6.45, 7) is 2.33. The van der Waals surface area contributed by atoms with Gasteiger partial charge in [0.15, 0.2) is 5.76 Å². The fourth-order valence-electron chi connectivity index (χ4n) is 3.16. The fraction of sp³-hybridized carbons (Fsp3) is 0.0800. The Hall–Kier alpha value is -3.11. The predicted octanol–water partition coefficient (Wildman–Crippen LogP) is 6.47. The summed E-state index contributed by atoms with van der Waals surface area (Å²) in [5, 5.41) is 0. The van der Waals surface area contributed by atoms with Crippen molar-refractivity contribution in [3.05, 3.63) is 105 Å². The zero-order chi connectivity index (χ0) is 20.2. The van der Waals surface area contributed by atoms with Gasteiger partial charge in [-0.1, -0.05) is 64.5 Å². The molecule has 0 amide bonds. The van der Waals surface area contributed by atoms with Gasteiger partial charge in [-0.2, -0.15) is 0 Å². The summed E-state index contributed by atoms with van der Waals surface area (Å²) in [4.78, 5) is 12.8. The van der Waals surface area contributed by atoms with Crippen LogP contribution in [0.25, 0.3) is 12.2 Å². The van der Waals surface area contributed by atoms with Crippen LogP contribution in [0.5, 0.6) is 11.5 Å². The Morgan fingerprint density at radius 3 is 2.52 bits per heavy atom. The van der Waals surface area contributed by atoms with Crippen LogP contribution >= 0.6 is 15.9 Å². The number of ether oxygens (including phenoxy) is 2. The molecule has 1 heterocycles. The minimum absolute atomic E-state index is 0.101. The molecular weight excluding hydrogens is 428 g/mol. The number of halogens is 1. The van der Waals surface area contributed by atoms with E-state index in [9.17, 15) is 4.79 Å². The number of ketones is 1. The van der Waals surface area contributed by atoms with Gasteiger partial charge < -0.3 is 9.47 Å². The maximum absolute atomic E-state index is 12.8. The van der Waals surface area contributed by atoms with E-state index < -0.39 is 0 Å². The molecule has 3 aromatic carbocycles. The lowest BCUT2D eigenvalue weighted by Gasteiger charge is -2.07. The molecule has 0 bridgehead atoms. The SMILES string of the molecule is Cc1cc(OC/C=C/c2ccccc2)cc2c1C(=O)/C(=C/c1ccc(Br)cc1)O2. The highest BCUT2D eigenvalue weighted by Gasteiger charge is 2.29. The van der Waals surface area contributed by atoms with E-state index in [1.54, 1.807) is 12.1 Å². The summed E-state index contributed by atoms with van der Waals surface area (Å²) in [6, 6.07) is 21.4. The molecule has 0 N–H and O–H groups in total. The van der Waals surface area contributed by atoms with Crippen molar-refractivity contribution in [3.8, 4) is 11.5 Å². The van der Waals surface area contributed by atoms with E-state index >= 15 is 0 Å². The molecule has 0 atom stereocenters. The Labute approximate surface area is 178 Å². The number of allylic oxidation sites excluding steroid dienone is 1. The minimum Gasteiger partial charge on any atom is -0.489 e. The number of benzene rings is 3. The van der Waals surface area contributed by atoms with Crippen LogP contribution in [0.4, 0.5) is 0 Å². The van der Waals surface area contributed by atoms with Crippen molar-refractivity contribution < 1.29 is 14.3 Å².